The first kappa shape index (κ1) is 27.5. The summed E-state index contributed by atoms with van der Waals surface area (Å²) in [7, 11) is 1.55. The Bertz CT molecular complexity index is 1470. The van der Waals surface area contributed by atoms with Gasteiger partial charge in [0.25, 0.3) is 5.56 Å². The summed E-state index contributed by atoms with van der Waals surface area (Å²) < 4.78 is 48.5. The van der Waals surface area contributed by atoms with Crippen molar-refractivity contribution in [3.8, 4) is 5.69 Å². The Morgan fingerprint density at radius 1 is 1.13 bits per heavy atom. The number of nitrogens with zero attached hydrogens (tertiary/aromatic N) is 2. The third kappa shape index (κ3) is 4.30. The maximum absolute atomic E-state index is 14.0. The molecule has 3 N–H and O–H groups in total. The van der Waals surface area contributed by atoms with E-state index in [1.165, 1.54) is 12.1 Å². The molecule has 0 amide bonds. The van der Waals surface area contributed by atoms with E-state index >= 15 is 0 Å². The largest absolute Gasteiger partial charge is 0.433 e. The number of aromatic amines is 1. The summed E-state index contributed by atoms with van der Waals surface area (Å²) in [5.74, 6) is -2.37. The number of halogens is 4. The number of ether oxygens (including phenoxy) is 1. The first-order valence-electron chi connectivity index (χ1n) is 12.5. The highest BCUT2D eigenvalue weighted by Gasteiger charge is 2.55. The van der Waals surface area contributed by atoms with Crippen LogP contribution in [0.2, 0.25) is 5.02 Å². The minimum atomic E-state index is -4.91. The molecule has 2 heterocycles. The minimum absolute atomic E-state index is 0.203. The van der Waals surface area contributed by atoms with Crippen LogP contribution in [0.4, 0.5) is 18.9 Å². The number of fused-ring (bicyclic) bond motifs is 1. The van der Waals surface area contributed by atoms with Gasteiger partial charge in [-0.25, -0.2) is 4.68 Å². The number of aliphatic hydroxyl groups excluding tert-OH is 2. The second-order valence-corrected chi connectivity index (χ2v) is 10.9. The average Bonchev–Trinajstić information content (AvgIpc) is 3.34. The molecule has 5 rings (SSSR count). The van der Waals surface area contributed by atoms with Crippen LogP contribution in [0.25, 0.3) is 5.69 Å². The van der Waals surface area contributed by atoms with E-state index in [0.29, 0.717) is 10.7 Å². The number of alkyl halides is 3. The Morgan fingerprint density at radius 2 is 1.77 bits per heavy atom. The fourth-order valence-corrected chi connectivity index (χ4v) is 5.94. The van der Waals surface area contributed by atoms with Gasteiger partial charge in [-0.15, -0.1) is 0 Å². The molecule has 39 heavy (non-hydrogen) atoms. The van der Waals surface area contributed by atoms with Crippen molar-refractivity contribution in [1.82, 2.24) is 9.78 Å². The molecule has 0 saturated heterocycles. The van der Waals surface area contributed by atoms with Crippen molar-refractivity contribution < 1.29 is 28.1 Å². The molecule has 7 nitrogen and oxygen atoms in total. The van der Waals surface area contributed by atoms with Gasteiger partial charge in [0.2, 0.25) is 0 Å². The monoisotopic (exact) mass is 563 g/mol. The maximum Gasteiger partial charge on any atom is 0.433 e. The zero-order valence-corrected chi connectivity index (χ0v) is 22.5. The zero-order chi connectivity index (χ0) is 28.4. The summed E-state index contributed by atoms with van der Waals surface area (Å²) in [5.41, 5.74) is -0.936. The number of methoxy groups -OCH3 is 1. The number of anilines is 1. The van der Waals surface area contributed by atoms with Crippen molar-refractivity contribution in [1.29, 1.82) is 0 Å². The molecule has 2 aliphatic rings. The molecular weight excluding hydrogens is 535 g/mol. The van der Waals surface area contributed by atoms with Crippen LogP contribution in [0.5, 0.6) is 0 Å². The summed E-state index contributed by atoms with van der Waals surface area (Å²) >= 11 is 6.27. The number of H-pyrrole nitrogens is 1. The highest BCUT2D eigenvalue weighted by molar-refractivity contribution is 6.30. The van der Waals surface area contributed by atoms with Crippen LogP contribution < -0.4 is 10.5 Å². The van der Waals surface area contributed by atoms with E-state index in [2.05, 4.69) is 5.10 Å². The second-order valence-electron chi connectivity index (χ2n) is 10.5. The van der Waals surface area contributed by atoms with Gasteiger partial charge < -0.3 is 19.8 Å². The van der Waals surface area contributed by atoms with Crippen LogP contribution in [-0.4, -0.2) is 45.5 Å². The summed E-state index contributed by atoms with van der Waals surface area (Å²) in [6.45, 7) is 5.75. The number of allylic oxidation sites excluding steroid dienone is 1. The Hall–Kier alpha value is -3.05. The third-order valence-corrected chi connectivity index (χ3v) is 8.16. The molecule has 0 spiro atoms. The fraction of sp³-hybridized carbons (Fsp3) is 0.393. The average molecular weight is 564 g/mol. The Labute approximate surface area is 228 Å². The minimum Gasteiger partial charge on any atom is -0.392 e. The van der Waals surface area contributed by atoms with Crippen molar-refractivity contribution in [3.63, 3.8) is 0 Å². The summed E-state index contributed by atoms with van der Waals surface area (Å²) in [6, 6.07) is 13.3. The van der Waals surface area contributed by atoms with Crippen molar-refractivity contribution in [2.75, 3.05) is 12.0 Å². The van der Waals surface area contributed by atoms with E-state index in [0.717, 1.165) is 15.9 Å². The van der Waals surface area contributed by atoms with Crippen LogP contribution in [0.1, 0.15) is 43.5 Å². The molecule has 2 aromatic carbocycles. The van der Waals surface area contributed by atoms with Crippen LogP contribution in [-0.2, 0) is 16.3 Å². The molecule has 0 bridgehead atoms. The summed E-state index contributed by atoms with van der Waals surface area (Å²) in [4.78, 5) is 15.1. The second kappa shape index (κ2) is 9.55. The van der Waals surface area contributed by atoms with E-state index in [-0.39, 0.29) is 5.69 Å². The van der Waals surface area contributed by atoms with Crippen molar-refractivity contribution in [3.05, 3.63) is 92.5 Å². The molecule has 1 saturated carbocycles. The van der Waals surface area contributed by atoms with E-state index in [4.69, 9.17) is 16.3 Å². The van der Waals surface area contributed by atoms with Crippen LogP contribution in [0.15, 0.2) is 65.1 Å². The first-order chi connectivity index (χ1) is 18.3. The van der Waals surface area contributed by atoms with Crippen LogP contribution >= 0.6 is 11.6 Å². The predicted molar refractivity (Wildman–Crippen MR) is 141 cm³/mol. The van der Waals surface area contributed by atoms with Gasteiger partial charge in [-0.05, 0) is 42.8 Å². The molecule has 3 atom stereocenters. The molecule has 1 aromatic heterocycles. The summed E-state index contributed by atoms with van der Waals surface area (Å²) in [5, 5.41) is 25.0. The molecule has 0 radical (unpaired) electrons. The summed E-state index contributed by atoms with van der Waals surface area (Å²) in [6.07, 6.45) is -6.54. The van der Waals surface area contributed by atoms with E-state index < -0.39 is 58.7 Å². The highest BCUT2D eigenvalue weighted by atomic mass is 35.5. The van der Waals surface area contributed by atoms with Gasteiger partial charge in [-0.3, -0.25) is 9.89 Å². The third-order valence-electron chi connectivity index (χ3n) is 7.93. The van der Waals surface area contributed by atoms with E-state index in [1.54, 1.807) is 37.5 Å². The van der Waals surface area contributed by atoms with Gasteiger partial charge in [0.1, 0.15) is 11.9 Å². The number of aliphatic hydroxyl groups is 2. The lowest BCUT2D eigenvalue weighted by Gasteiger charge is -2.46. The van der Waals surface area contributed by atoms with Gasteiger partial charge in [-0.2, -0.15) is 13.2 Å². The number of nitrogens with one attached hydrogen (secondary N) is 1. The Balaban J connectivity index is 1.56. The molecule has 1 aliphatic carbocycles. The van der Waals surface area contributed by atoms with Gasteiger partial charge >= 0.3 is 6.18 Å². The zero-order valence-electron chi connectivity index (χ0n) is 21.7. The highest BCUT2D eigenvalue weighted by Crippen LogP contribution is 2.52. The van der Waals surface area contributed by atoms with Gasteiger partial charge in [0, 0.05) is 40.8 Å². The van der Waals surface area contributed by atoms with E-state index in [9.17, 15) is 28.2 Å². The van der Waals surface area contributed by atoms with Gasteiger partial charge in [-0.1, -0.05) is 49.7 Å². The topological polar surface area (TPSA) is 90.7 Å². The smallest absolute Gasteiger partial charge is 0.392 e. The lowest BCUT2D eigenvalue weighted by Crippen LogP contribution is -2.55. The molecule has 3 unspecified atom stereocenters. The van der Waals surface area contributed by atoms with Gasteiger partial charge in [0.05, 0.1) is 23.5 Å². The normalized spacial score (nSPS) is 26.0. The van der Waals surface area contributed by atoms with Crippen LogP contribution in [0, 0.1) is 5.92 Å². The van der Waals surface area contributed by atoms with Crippen molar-refractivity contribution in [2.24, 2.45) is 5.92 Å². The number of hydrogen-bond acceptors (Lipinski definition) is 5. The molecule has 3 aromatic rings. The fourth-order valence-electron chi connectivity index (χ4n) is 5.77. The quantitative estimate of drug-likeness (QED) is 0.409. The van der Waals surface area contributed by atoms with Crippen LogP contribution in [0.3, 0.4) is 0 Å². The maximum atomic E-state index is 14.0. The molecule has 11 heteroatoms. The molecule has 1 aliphatic heterocycles. The lowest BCUT2D eigenvalue weighted by atomic mass is 9.64. The standard InChI is InChI=1S/C28H29ClF3N3O4/c1-14(39-4)34-19-11-10-15(29)12-18(19)27(2,3)20(34)13-17-23(36)21(24(17)37)22-25(28(30,31)32)33-35(26(22)38)16-8-6-5-7-9-16/h5-14,17,21,23-24,33,36-37H,1-4H3/b20-13+. The molecular formula is C28H29ClF3N3O4. The number of para-hydroxylation sites is 1. The molecule has 208 valence electrons. The predicted octanol–water partition coefficient (Wildman–Crippen LogP) is 4.95. The lowest BCUT2D eigenvalue weighted by molar-refractivity contribution is -0.145. The molecule has 1 fully saturated rings. The SMILES string of the molecule is COC(C)N1/C(=C/C2C(O)C(c3c(C(F)(F)F)[nH]n(-c4ccccc4)c3=O)C2O)C(C)(C)c2cc(Cl)ccc21. The Kier molecular flexibility index (Phi) is 6.74. The van der Waals surface area contributed by atoms with E-state index in [1.807, 2.05) is 37.8 Å². The number of hydrogen-bond donors (Lipinski definition) is 3. The first-order valence-corrected chi connectivity index (χ1v) is 12.8. The number of benzene rings is 2. The Morgan fingerprint density at radius 3 is 2.36 bits per heavy atom. The van der Waals surface area contributed by atoms with Gasteiger partial charge in [0.15, 0.2) is 0 Å². The number of aromatic nitrogens is 2. The van der Waals surface area contributed by atoms with Crippen molar-refractivity contribution >= 4 is 17.3 Å². The van der Waals surface area contributed by atoms with Crippen molar-refractivity contribution in [2.45, 2.75) is 56.7 Å². The number of rotatable bonds is 5.